The van der Waals surface area contributed by atoms with Crippen LogP contribution < -0.4 is 0 Å². The first-order valence-corrected chi connectivity index (χ1v) is 3.98. The van der Waals surface area contributed by atoms with Crippen LogP contribution in [0.5, 0.6) is 0 Å². The van der Waals surface area contributed by atoms with E-state index in [0.29, 0.717) is 10.2 Å². The summed E-state index contributed by atoms with van der Waals surface area (Å²) in [6.07, 6.45) is 0.883. The van der Waals surface area contributed by atoms with E-state index in [1.807, 2.05) is 0 Å². The smallest absolute Gasteiger partial charge is 0.169 e. The molecule has 2 nitrogen and oxygen atoms in total. The molecule has 1 unspecified atom stereocenters. The van der Waals surface area contributed by atoms with Crippen LogP contribution in [0.4, 0.5) is 0 Å². The van der Waals surface area contributed by atoms with Gasteiger partial charge in [-0.1, -0.05) is 6.58 Å². The third kappa shape index (κ3) is 1.94. The Balaban J connectivity index is 2.84. The minimum atomic E-state index is -0.620. The Labute approximate surface area is 73.7 Å². The standard InChI is InChI=1S/C8H9BrO2/c1-5(2)8(10)6-3-7(9)11-4-6/h3-4,8,10H,1H2,2H3. The van der Waals surface area contributed by atoms with Gasteiger partial charge in [-0.05, 0) is 34.5 Å². The van der Waals surface area contributed by atoms with Crippen molar-refractivity contribution in [2.45, 2.75) is 13.0 Å². The summed E-state index contributed by atoms with van der Waals surface area (Å²) in [5.41, 5.74) is 1.43. The molecule has 0 aliphatic rings. The van der Waals surface area contributed by atoms with Gasteiger partial charge in [0.15, 0.2) is 4.67 Å². The van der Waals surface area contributed by atoms with Gasteiger partial charge in [-0.2, -0.15) is 0 Å². The molecular weight excluding hydrogens is 208 g/mol. The molecule has 11 heavy (non-hydrogen) atoms. The molecule has 1 atom stereocenters. The fourth-order valence-corrected chi connectivity index (χ4v) is 1.11. The Bertz CT molecular complexity index is 265. The molecule has 1 N–H and O–H groups in total. The van der Waals surface area contributed by atoms with Crippen LogP contribution in [0, 0.1) is 0 Å². The highest BCUT2D eigenvalue weighted by molar-refractivity contribution is 9.10. The Morgan fingerprint density at radius 3 is 2.82 bits per heavy atom. The fourth-order valence-electron chi connectivity index (χ4n) is 0.751. The van der Waals surface area contributed by atoms with E-state index in [-0.39, 0.29) is 0 Å². The van der Waals surface area contributed by atoms with Gasteiger partial charge in [0, 0.05) is 5.56 Å². The zero-order valence-corrected chi connectivity index (χ0v) is 7.76. The number of hydrogen-bond acceptors (Lipinski definition) is 2. The van der Waals surface area contributed by atoms with Gasteiger partial charge in [-0.3, -0.25) is 0 Å². The highest BCUT2D eigenvalue weighted by atomic mass is 79.9. The van der Waals surface area contributed by atoms with Crippen molar-refractivity contribution in [1.29, 1.82) is 0 Å². The van der Waals surface area contributed by atoms with Gasteiger partial charge >= 0.3 is 0 Å². The van der Waals surface area contributed by atoms with Crippen LogP contribution in [0.25, 0.3) is 0 Å². The van der Waals surface area contributed by atoms with E-state index in [2.05, 4.69) is 22.5 Å². The summed E-state index contributed by atoms with van der Waals surface area (Å²) in [7, 11) is 0. The van der Waals surface area contributed by atoms with Crippen LogP contribution in [-0.2, 0) is 0 Å². The molecule has 60 valence electrons. The van der Waals surface area contributed by atoms with Crippen molar-refractivity contribution in [2.24, 2.45) is 0 Å². The number of furan rings is 1. The van der Waals surface area contributed by atoms with Crippen LogP contribution in [0.3, 0.4) is 0 Å². The van der Waals surface area contributed by atoms with Crippen molar-refractivity contribution >= 4 is 15.9 Å². The molecular formula is C8H9BrO2. The molecule has 0 amide bonds. The van der Waals surface area contributed by atoms with E-state index in [4.69, 9.17) is 4.42 Å². The van der Waals surface area contributed by atoms with Crippen LogP contribution >= 0.6 is 15.9 Å². The summed E-state index contributed by atoms with van der Waals surface area (Å²) >= 11 is 3.14. The first-order valence-electron chi connectivity index (χ1n) is 3.18. The zero-order valence-electron chi connectivity index (χ0n) is 6.17. The third-order valence-electron chi connectivity index (χ3n) is 1.37. The number of aliphatic hydroxyl groups excluding tert-OH is 1. The molecule has 0 saturated carbocycles. The maximum Gasteiger partial charge on any atom is 0.169 e. The zero-order chi connectivity index (χ0) is 8.43. The van der Waals surface area contributed by atoms with E-state index < -0.39 is 6.10 Å². The number of rotatable bonds is 2. The van der Waals surface area contributed by atoms with Gasteiger partial charge < -0.3 is 9.52 Å². The topological polar surface area (TPSA) is 33.4 Å². The van der Waals surface area contributed by atoms with E-state index >= 15 is 0 Å². The van der Waals surface area contributed by atoms with E-state index in [0.717, 1.165) is 5.56 Å². The fraction of sp³-hybridized carbons (Fsp3) is 0.250. The predicted octanol–water partition coefficient (Wildman–Crippen LogP) is 2.65. The molecule has 1 heterocycles. The van der Waals surface area contributed by atoms with Gasteiger partial charge in [-0.25, -0.2) is 0 Å². The second-order valence-corrected chi connectivity index (χ2v) is 3.21. The Kier molecular flexibility index (Phi) is 2.52. The molecule has 0 aromatic carbocycles. The minimum Gasteiger partial charge on any atom is -0.457 e. The molecule has 3 heteroatoms. The molecule has 0 bridgehead atoms. The number of hydrogen-bond donors (Lipinski definition) is 1. The van der Waals surface area contributed by atoms with Crippen LogP contribution in [-0.4, -0.2) is 5.11 Å². The summed E-state index contributed by atoms with van der Waals surface area (Å²) < 4.78 is 5.57. The molecule has 1 aromatic heterocycles. The van der Waals surface area contributed by atoms with Crippen molar-refractivity contribution < 1.29 is 9.52 Å². The monoisotopic (exact) mass is 216 g/mol. The van der Waals surface area contributed by atoms with E-state index in [1.165, 1.54) is 6.26 Å². The summed E-state index contributed by atoms with van der Waals surface area (Å²) in [4.78, 5) is 0. The lowest BCUT2D eigenvalue weighted by molar-refractivity contribution is 0.215. The van der Waals surface area contributed by atoms with E-state index in [9.17, 15) is 5.11 Å². The molecule has 0 aliphatic carbocycles. The van der Waals surface area contributed by atoms with Gasteiger partial charge in [0.05, 0.1) is 6.26 Å². The van der Waals surface area contributed by atoms with Gasteiger partial charge in [0.2, 0.25) is 0 Å². The largest absolute Gasteiger partial charge is 0.457 e. The van der Waals surface area contributed by atoms with Crippen molar-refractivity contribution in [3.05, 3.63) is 34.7 Å². The van der Waals surface area contributed by atoms with Crippen LogP contribution in [0.1, 0.15) is 18.6 Å². The van der Waals surface area contributed by atoms with Crippen LogP contribution in [0.2, 0.25) is 0 Å². The molecule has 0 spiro atoms. The Morgan fingerprint density at radius 1 is 1.82 bits per heavy atom. The van der Waals surface area contributed by atoms with Crippen molar-refractivity contribution in [1.82, 2.24) is 0 Å². The van der Waals surface area contributed by atoms with Gasteiger partial charge in [0.1, 0.15) is 6.10 Å². The quantitative estimate of drug-likeness (QED) is 0.772. The minimum absolute atomic E-state index is 0.618. The van der Waals surface area contributed by atoms with Crippen molar-refractivity contribution in [2.75, 3.05) is 0 Å². The normalized spacial score (nSPS) is 13.0. The molecule has 1 aromatic rings. The first-order chi connectivity index (χ1) is 5.11. The van der Waals surface area contributed by atoms with Crippen molar-refractivity contribution in [3.8, 4) is 0 Å². The highest BCUT2D eigenvalue weighted by Crippen LogP contribution is 2.24. The van der Waals surface area contributed by atoms with E-state index in [1.54, 1.807) is 13.0 Å². The summed E-state index contributed by atoms with van der Waals surface area (Å²) in [6.45, 7) is 5.40. The van der Waals surface area contributed by atoms with Gasteiger partial charge in [-0.15, -0.1) is 0 Å². The Morgan fingerprint density at radius 2 is 2.45 bits per heavy atom. The lowest BCUT2D eigenvalue weighted by Gasteiger charge is -2.05. The second kappa shape index (κ2) is 3.24. The Hall–Kier alpha value is -0.540. The second-order valence-electron chi connectivity index (χ2n) is 2.43. The highest BCUT2D eigenvalue weighted by Gasteiger charge is 2.10. The number of halogens is 1. The summed E-state index contributed by atoms with van der Waals surface area (Å²) in [6, 6.07) is 1.72. The predicted molar refractivity (Wildman–Crippen MR) is 46.2 cm³/mol. The molecule has 0 fully saturated rings. The molecule has 0 saturated heterocycles. The lowest BCUT2D eigenvalue weighted by atomic mass is 10.1. The third-order valence-corrected chi connectivity index (χ3v) is 1.79. The average Bonchev–Trinajstić information content (AvgIpc) is 2.34. The lowest BCUT2D eigenvalue weighted by Crippen LogP contribution is -1.94. The van der Waals surface area contributed by atoms with Crippen LogP contribution in [0.15, 0.2) is 33.6 Å². The first kappa shape index (κ1) is 8.56. The van der Waals surface area contributed by atoms with Crippen molar-refractivity contribution in [3.63, 3.8) is 0 Å². The molecule has 0 radical (unpaired) electrons. The number of aliphatic hydroxyl groups is 1. The maximum atomic E-state index is 9.43. The SMILES string of the molecule is C=C(C)C(O)c1coc(Br)c1. The summed E-state index contributed by atoms with van der Waals surface area (Å²) in [5.74, 6) is 0. The van der Waals surface area contributed by atoms with Gasteiger partial charge in [0.25, 0.3) is 0 Å². The average molecular weight is 217 g/mol. The molecule has 1 rings (SSSR count). The maximum absolute atomic E-state index is 9.43. The molecule has 0 aliphatic heterocycles. The summed E-state index contributed by atoms with van der Waals surface area (Å²) in [5, 5.41) is 9.43.